The molecule has 0 unspecified atom stereocenters. The summed E-state index contributed by atoms with van der Waals surface area (Å²) in [5.74, 6) is 0.485. The van der Waals surface area contributed by atoms with Crippen LogP contribution in [0.2, 0.25) is 5.02 Å². The first-order chi connectivity index (χ1) is 13.7. The summed E-state index contributed by atoms with van der Waals surface area (Å²) in [7, 11) is 0. The minimum absolute atomic E-state index is 0.198. The highest BCUT2D eigenvalue weighted by molar-refractivity contribution is 6.30. The first kappa shape index (κ1) is 22.6. The molecule has 0 saturated heterocycles. The molecule has 0 heterocycles. The molecule has 0 N–H and O–H groups in total. The van der Waals surface area contributed by atoms with Gasteiger partial charge in [-0.3, -0.25) is 4.79 Å². The third-order valence-electron chi connectivity index (χ3n) is 4.05. The van der Waals surface area contributed by atoms with E-state index in [2.05, 4.69) is 0 Å². The average Bonchev–Trinajstić information content (AvgIpc) is 2.67. The number of halogens is 1. The molecule has 156 valence electrons. The molecule has 0 aliphatic rings. The van der Waals surface area contributed by atoms with Crippen LogP contribution in [-0.4, -0.2) is 35.7 Å². The molecule has 0 aliphatic carbocycles. The van der Waals surface area contributed by atoms with E-state index in [1.165, 1.54) is 12.0 Å². The summed E-state index contributed by atoms with van der Waals surface area (Å²) in [6, 6.07) is 14.2. The van der Waals surface area contributed by atoms with Gasteiger partial charge in [-0.25, -0.2) is 4.79 Å². The van der Waals surface area contributed by atoms with E-state index in [0.29, 0.717) is 36.1 Å². The summed E-state index contributed by atoms with van der Waals surface area (Å²) in [6.07, 6.45) is 0.592. The lowest BCUT2D eigenvalue weighted by atomic mass is 10.1. The summed E-state index contributed by atoms with van der Waals surface area (Å²) < 4.78 is 10.8. The number of esters is 1. The Morgan fingerprint density at radius 1 is 1.00 bits per heavy atom. The van der Waals surface area contributed by atoms with Crippen LogP contribution in [0.5, 0.6) is 11.5 Å². The van der Waals surface area contributed by atoms with E-state index in [1.54, 1.807) is 57.2 Å². The molecule has 2 aromatic carbocycles. The highest BCUT2D eigenvalue weighted by atomic mass is 35.5. The van der Waals surface area contributed by atoms with E-state index in [4.69, 9.17) is 25.9 Å². The van der Waals surface area contributed by atoms with Crippen molar-refractivity contribution in [1.82, 2.24) is 5.06 Å². The molecule has 0 fully saturated rings. The van der Waals surface area contributed by atoms with Gasteiger partial charge in [0.2, 0.25) is 0 Å². The van der Waals surface area contributed by atoms with Crippen molar-refractivity contribution in [2.45, 2.75) is 39.7 Å². The number of hydrogen-bond acceptors (Lipinski definition) is 5. The highest BCUT2D eigenvalue weighted by Gasteiger charge is 2.31. The number of hydrogen-bond donors (Lipinski definition) is 0. The van der Waals surface area contributed by atoms with Gasteiger partial charge in [-0.15, -0.1) is 0 Å². The molecule has 0 radical (unpaired) electrons. The number of rotatable bonds is 9. The van der Waals surface area contributed by atoms with E-state index < -0.39 is 11.6 Å². The zero-order valence-electron chi connectivity index (χ0n) is 17.1. The first-order valence-electron chi connectivity index (χ1n) is 9.38. The van der Waals surface area contributed by atoms with Gasteiger partial charge in [0.05, 0.1) is 13.2 Å². The second kappa shape index (κ2) is 10.2. The molecule has 0 aliphatic heterocycles. The van der Waals surface area contributed by atoms with Gasteiger partial charge in [0, 0.05) is 11.9 Å². The predicted octanol–water partition coefficient (Wildman–Crippen LogP) is 4.45. The van der Waals surface area contributed by atoms with Crippen LogP contribution in [0.15, 0.2) is 48.5 Å². The van der Waals surface area contributed by atoms with Crippen LogP contribution in [0.1, 0.15) is 33.3 Å². The maximum absolute atomic E-state index is 11.9. The van der Waals surface area contributed by atoms with Crippen molar-refractivity contribution in [2.75, 3.05) is 13.2 Å². The third-order valence-corrected chi connectivity index (χ3v) is 4.30. The number of carbonyl (C=O) groups excluding carboxylic acids is 2. The fourth-order valence-electron chi connectivity index (χ4n) is 2.49. The van der Waals surface area contributed by atoms with Gasteiger partial charge < -0.3 is 14.3 Å². The number of carbonyl (C=O) groups is 2. The Morgan fingerprint density at radius 3 is 2.14 bits per heavy atom. The summed E-state index contributed by atoms with van der Waals surface area (Å²) in [4.78, 5) is 29.5. The second-order valence-electron chi connectivity index (χ2n) is 6.89. The van der Waals surface area contributed by atoms with Crippen LogP contribution in [0.4, 0.5) is 0 Å². The molecule has 0 saturated carbocycles. The topological polar surface area (TPSA) is 65.1 Å². The Kier molecular flexibility index (Phi) is 7.91. The van der Waals surface area contributed by atoms with Crippen molar-refractivity contribution in [1.29, 1.82) is 0 Å². The largest absolute Gasteiger partial charge is 0.476 e. The smallest absolute Gasteiger partial charge is 0.349 e. The molecule has 0 aromatic heterocycles. The minimum Gasteiger partial charge on any atom is -0.476 e. The van der Waals surface area contributed by atoms with Gasteiger partial charge in [-0.05, 0) is 69.2 Å². The van der Waals surface area contributed by atoms with E-state index in [9.17, 15) is 9.59 Å². The zero-order valence-corrected chi connectivity index (χ0v) is 17.9. The number of amides is 1. The van der Waals surface area contributed by atoms with Gasteiger partial charge in [0.1, 0.15) is 5.75 Å². The number of benzene rings is 2. The fourth-order valence-corrected chi connectivity index (χ4v) is 2.61. The van der Waals surface area contributed by atoms with Crippen molar-refractivity contribution >= 4 is 23.5 Å². The van der Waals surface area contributed by atoms with E-state index >= 15 is 0 Å². The van der Waals surface area contributed by atoms with Crippen LogP contribution in [0.3, 0.4) is 0 Å². The zero-order chi connectivity index (χ0) is 21.4. The SMILES string of the molecule is CCOC(=O)C(C)(C)Oc1ccc(CCN(Oc2ccc(Cl)cc2)C(C)=O)cc1. The number of nitrogens with zero attached hydrogens (tertiary/aromatic N) is 1. The molecule has 0 spiro atoms. The quantitative estimate of drug-likeness (QED) is 0.444. The van der Waals surface area contributed by atoms with Crippen LogP contribution in [0.25, 0.3) is 0 Å². The molecular formula is C22H26ClNO5. The van der Waals surface area contributed by atoms with E-state index in [-0.39, 0.29) is 5.91 Å². The van der Waals surface area contributed by atoms with Crippen LogP contribution >= 0.6 is 11.6 Å². The molecule has 0 atom stereocenters. The lowest BCUT2D eigenvalue weighted by Crippen LogP contribution is -2.39. The van der Waals surface area contributed by atoms with Gasteiger partial charge in [-0.1, -0.05) is 23.7 Å². The van der Waals surface area contributed by atoms with Gasteiger partial charge in [0.15, 0.2) is 11.4 Å². The molecule has 1 amide bonds. The van der Waals surface area contributed by atoms with Crippen molar-refractivity contribution in [2.24, 2.45) is 0 Å². The summed E-state index contributed by atoms with van der Waals surface area (Å²) in [5, 5.41) is 1.90. The first-order valence-corrected chi connectivity index (χ1v) is 9.76. The van der Waals surface area contributed by atoms with Gasteiger partial charge >= 0.3 is 5.97 Å². The maximum atomic E-state index is 11.9. The van der Waals surface area contributed by atoms with Crippen molar-refractivity contribution in [3.05, 3.63) is 59.1 Å². The lowest BCUT2D eigenvalue weighted by molar-refractivity contribution is -0.158. The minimum atomic E-state index is -1.07. The standard InChI is InChI=1S/C22H26ClNO5/c1-5-27-21(26)22(3,4)28-19-10-6-17(7-11-19)14-15-24(16(2)25)29-20-12-8-18(23)9-13-20/h6-13H,5,14-15H2,1-4H3. The Bertz CT molecular complexity index is 818. The molecule has 29 heavy (non-hydrogen) atoms. The van der Waals surface area contributed by atoms with Crippen LogP contribution < -0.4 is 9.57 Å². The predicted molar refractivity (Wildman–Crippen MR) is 111 cm³/mol. The normalized spacial score (nSPS) is 10.9. The van der Waals surface area contributed by atoms with Gasteiger partial charge in [0.25, 0.3) is 5.91 Å². The number of ether oxygens (including phenoxy) is 2. The Labute approximate surface area is 176 Å². The van der Waals surface area contributed by atoms with Crippen molar-refractivity contribution in [3.8, 4) is 11.5 Å². The Balaban J connectivity index is 1.94. The molecule has 2 aromatic rings. The molecule has 7 heteroatoms. The van der Waals surface area contributed by atoms with E-state index in [0.717, 1.165) is 5.56 Å². The monoisotopic (exact) mass is 419 g/mol. The molecule has 6 nitrogen and oxygen atoms in total. The lowest BCUT2D eigenvalue weighted by Gasteiger charge is -2.24. The Hall–Kier alpha value is -2.73. The molecule has 2 rings (SSSR count). The summed E-state index contributed by atoms with van der Waals surface area (Å²) in [5.41, 5.74) is -0.0766. The van der Waals surface area contributed by atoms with Crippen LogP contribution in [0, 0.1) is 0 Å². The van der Waals surface area contributed by atoms with Crippen LogP contribution in [-0.2, 0) is 20.7 Å². The van der Waals surface area contributed by atoms with E-state index in [1.807, 2.05) is 12.1 Å². The average molecular weight is 420 g/mol. The highest BCUT2D eigenvalue weighted by Crippen LogP contribution is 2.21. The fraction of sp³-hybridized carbons (Fsp3) is 0.364. The van der Waals surface area contributed by atoms with Crippen molar-refractivity contribution in [3.63, 3.8) is 0 Å². The second-order valence-corrected chi connectivity index (χ2v) is 7.33. The molecular weight excluding hydrogens is 394 g/mol. The Morgan fingerprint density at radius 2 is 1.59 bits per heavy atom. The van der Waals surface area contributed by atoms with Gasteiger partial charge in [-0.2, -0.15) is 5.06 Å². The molecule has 0 bridgehead atoms. The third kappa shape index (κ3) is 6.98. The maximum Gasteiger partial charge on any atom is 0.349 e. The summed E-state index contributed by atoms with van der Waals surface area (Å²) in [6.45, 7) is 7.21. The van der Waals surface area contributed by atoms with Crippen molar-refractivity contribution < 1.29 is 23.9 Å². The summed E-state index contributed by atoms with van der Waals surface area (Å²) >= 11 is 5.87. The number of hydroxylamine groups is 2.